The summed E-state index contributed by atoms with van der Waals surface area (Å²) in [5, 5.41) is 0. The van der Waals surface area contributed by atoms with Gasteiger partial charge < -0.3 is 9.31 Å². The van der Waals surface area contributed by atoms with Gasteiger partial charge in [-0.25, -0.2) is 8.42 Å². The minimum atomic E-state index is -3.61. The van der Waals surface area contributed by atoms with Crippen LogP contribution in [0.4, 0.5) is 5.69 Å². The molecule has 0 aromatic heterocycles. The molecule has 7 heteroatoms. The van der Waals surface area contributed by atoms with Crippen molar-refractivity contribution < 1.29 is 17.7 Å². The molecule has 1 fully saturated rings. The van der Waals surface area contributed by atoms with E-state index >= 15 is 0 Å². The average molecular weight is 373 g/mol. The zero-order valence-corrected chi connectivity index (χ0v) is 16.6. The van der Waals surface area contributed by atoms with E-state index in [9.17, 15) is 8.42 Å². The van der Waals surface area contributed by atoms with Gasteiger partial charge in [0, 0.05) is 5.69 Å². The van der Waals surface area contributed by atoms with Gasteiger partial charge in [-0.05, 0) is 64.3 Å². The van der Waals surface area contributed by atoms with Gasteiger partial charge in [0.15, 0.2) is 0 Å². The van der Waals surface area contributed by atoms with Gasteiger partial charge in [-0.15, -0.1) is 0 Å². The molecule has 1 aliphatic heterocycles. The molecule has 138 valence electrons. The normalized spacial score (nSPS) is 18.7. The van der Waals surface area contributed by atoms with Crippen molar-refractivity contribution >= 4 is 28.3 Å². The van der Waals surface area contributed by atoms with Gasteiger partial charge in [0.25, 0.3) is 10.0 Å². The van der Waals surface area contributed by atoms with E-state index < -0.39 is 28.3 Å². The second kappa shape index (κ2) is 6.41. The summed E-state index contributed by atoms with van der Waals surface area (Å²) in [4.78, 5) is 0.234. The van der Waals surface area contributed by atoms with Crippen LogP contribution >= 0.6 is 0 Å². The lowest BCUT2D eigenvalue weighted by molar-refractivity contribution is 0.00578. The smallest absolute Gasteiger partial charge is 0.399 e. The van der Waals surface area contributed by atoms with Gasteiger partial charge in [-0.1, -0.05) is 29.8 Å². The molecule has 0 radical (unpaired) electrons. The fourth-order valence-corrected chi connectivity index (χ4v) is 3.68. The third kappa shape index (κ3) is 3.65. The van der Waals surface area contributed by atoms with Crippen LogP contribution in [0, 0.1) is 6.92 Å². The summed E-state index contributed by atoms with van der Waals surface area (Å²) in [6.07, 6.45) is 0. The van der Waals surface area contributed by atoms with E-state index in [-0.39, 0.29) is 4.90 Å². The zero-order chi connectivity index (χ0) is 19.2. The summed E-state index contributed by atoms with van der Waals surface area (Å²) < 4.78 is 39.5. The molecule has 0 spiro atoms. The van der Waals surface area contributed by atoms with Crippen molar-refractivity contribution in [2.24, 2.45) is 0 Å². The lowest BCUT2D eigenvalue weighted by Gasteiger charge is -2.32. The van der Waals surface area contributed by atoms with Crippen LogP contribution in [0.5, 0.6) is 0 Å². The largest absolute Gasteiger partial charge is 0.494 e. The van der Waals surface area contributed by atoms with Crippen molar-refractivity contribution in [2.75, 3.05) is 4.72 Å². The number of nitrogens with one attached hydrogen (secondary N) is 1. The molecule has 26 heavy (non-hydrogen) atoms. The van der Waals surface area contributed by atoms with Crippen LogP contribution in [0.15, 0.2) is 53.4 Å². The fraction of sp³-hybridized carbons (Fsp3) is 0.368. The van der Waals surface area contributed by atoms with E-state index in [1.807, 2.05) is 46.8 Å². The van der Waals surface area contributed by atoms with Gasteiger partial charge in [0.05, 0.1) is 16.1 Å². The number of anilines is 1. The minimum absolute atomic E-state index is 0.234. The van der Waals surface area contributed by atoms with Crippen molar-refractivity contribution in [3.8, 4) is 0 Å². The molecule has 5 nitrogen and oxygen atoms in total. The van der Waals surface area contributed by atoms with E-state index in [1.165, 1.54) is 0 Å². The van der Waals surface area contributed by atoms with Crippen LogP contribution in [-0.4, -0.2) is 26.7 Å². The highest BCUT2D eigenvalue weighted by Gasteiger charge is 2.51. The monoisotopic (exact) mass is 373 g/mol. The Morgan fingerprint density at radius 3 is 1.85 bits per heavy atom. The predicted octanol–water partition coefficient (Wildman–Crippen LogP) is 3.10. The van der Waals surface area contributed by atoms with Crippen molar-refractivity contribution in [3.05, 3.63) is 54.1 Å². The fourth-order valence-electron chi connectivity index (χ4n) is 2.62. The first-order chi connectivity index (χ1) is 12.0. The number of hydrogen-bond acceptors (Lipinski definition) is 4. The molecule has 0 unspecified atom stereocenters. The van der Waals surface area contributed by atoms with Crippen LogP contribution in [-0.2, 0) is 19.3 Å². The minimum Gasteiger partial charge on any atom is -0.399 e. The first kappa shape index (κ1) is 19.0. The number of sulfonamides is 1. The summed E-state index contributed by atoms with van der Waals surface area (Å²) in [6.45, 7) is 9.90. The second-order valence-electron chi connectivity index (χ2n) is 7.63. The van der Waals surface area contributed by atoms with Gasteiger partial charge in [-0.3, -0.25) is 4.72 Å². The van der Waals surface area contributed by atoms with Crippen LogP contribution < -0.4 is 10.2 Å². The van der Waals surface area contributed by atoms with E-state index in [0.717, 1.165) is 11.0 Å². The van der Waals surface area contributed by atoms with Gasteiger partial charge in [-0.2, -0.15) is 0 Å². The molecule has 1 aliphatic rings. The molecule has 0 saturated carbocycles. The van der Waals surface area contributed by atoms with Gasteiger partial charge in [0.1, 0.15) is 0 Å². The van der Waals surface area contributed by atoms with Crippen LogP contribution in [0.25, 0.3) is 0 Å². The quantitative estimate of drug-likeness (QED) is 0.837. The topological polar surface area (TPSA) is 64.6 Å². The molecule has 0 amide bonds. The SMILES string of the molecule is Cc1ccc(S(=O)(=O)Nc2ccc(B3OC(C)(C)C(C)(C)O3)cc2)cc1. The zero-order valence-electron chi connectivity index (χ0n) is 15.7. The van der Waals surface area contributed by atoms with Crippen LogP contribution in [0.2, 0.25) is 0 Å². The van der Waals surface area contributed by atoms with E-state index in [0.29, 0.717) is 5.69 Å². The highest BCUT2D eigenvalue weighted by atomic mass is 32.2. The number of benzene rings is 2. The van der Waals surface area contributed by atoms with Crippen LogP contribution in [0.3, 0.4) is 0 Å². The van der Waals surface area contributed by atoms with Crippen molar-refractivity contribution in [1.82, 2.24) is 0 Å². The lowest BCUT2D eigenvalue weighted by atomic mass is 9.79. The number of rotatable bonds is 4. The summed E-state index contributed by atoms with van der Waals surface area (Å²) >= 11 is 0. The Balaban J connectivity index is 1.75. The highest BCUT2D eigenvalue weighted by Crippen LogP contribution is 2.36. The Bertz CT molecular complexity index is 874. The average Bonchev–Trinajstić information content (AvgIpc) is 2.76. The Morgan fingerprint density at radius 2 is 1.35 bits per heavy atom. The third-order valence-corrected chi connectivity index (χ3v) is 6.42. The number of hydrogen-bond donors (Lipinski definition) is 1. The van der Waals surface area contributed by atoms with E-state index in [2.05, 4.69) is 4.72 Å². The van der Waals surface area contributed by atoms with Gasteiger partial charge >= 0.3 is 7.12 Å². The highest BCUT2D eigenvalue weighted by molar-refractivity contribution is 7.92. The van der Waals surface area contributed by atoms with Crippen molar-refractivity contribution in [3.63, 3.8) is 0 Å². The first-order valence-corrected chi connectivity index (χ1v) is 10.0. The Hall–Kier alpha value is -1.83. The van der Waals surface area contributed by atoms with Gasteiger partial charge in [0.2, 0.25) is 0 Å². The maximum Gasteiger partial charge on any atom is 0.494 e. The molecule has 1 heterocycles. The molecule has 1 N–H and O–H groups in total. The molecule has 2 aromatic rings. The van der Waals surface area contributed by atoms with Crippen molar-refractivity contribution in [1.29, 1.82) is 0 Å². The Labute approximate surface area is 155 Å². The van der Waals surface area contributed by atoms with Crippen molar-refractivity contribution in [2.45, 2.75) is 50.7 Å². The molecule has 0 atom stereocenters. The summed E-state index contributed by atoms with van der Waals surface area (Å²) in [6, 6.07) is 13.8. The molecule has 0 bridgehead atoms. The molecule has 2 aromatic carbocycles. The van der Waals surface area contributed by atoms with Crippen LogP contribution in [0.1, 0.15) is 33.3 Å². The summed E-state index contributed by atoms with van der Waals surface area (Å²) in [5.41, 5.74) is 1.52. The molecule has 3 rings (SSSR count). The number of aryl methyl sites for hydroxylation is 1. The molecular formula is C19H24BNO4S. The predicted molar refractivity (Wildman–Crippen MR) is 104 cm³/mol. The lowest BCUT2D eigenvalue weighted by Crippen LogP contribution is -2.41. The van der Waals surface area contributed by atoms with E-state index in [1.54, 1.807) is 36.4 Å². The maximum absolute atomic E-state index is 12.5. The Morgan fingerprint density at radius 1 is 0.846 bits per heavy atom. The maximum atomic E-state index is 12.5. The second-order valence-corrected chi connectivity index (χ2v) is 9.31. The molecule has 0 aliphatic carbocycles. The molecule has 1 saturated heterocycles. The Kier molecular flexibility index (Phi) is 4.67. The third-order valence-electron chi connectivity index (χ3n) is 5.02. The molecular weight excluding hydrogens is 349 g/mol. The van der Waals surface area contributed by atoms with E-state index in [4.69, 9.17) is 9.31 Å². The standard InChI is InChI=1S/C19H24BNO4S/c1-14-6-12-17(13-7-14)26(22,23)21-16-10-8-15(9-11-16)20-24-18(2,3)19(4,5)25-20/h6-13,21H,1-5H3. The first-order valence-electron chi connectivity index (χ1n) is 8.55. The summed E-state index contributed by atoms with van der Waals surface area (Å²) in [7, 11) is -4.08. The summed E-state index contributed by atoms with van der Waals surface area (Å²) in [5.74, 6) is 0.